The van der Waals surface area contributed by atoms with Gasteiger partial charge in [-0.1, -0.05) is 23.7 Å². The second-order valence-electron chi connectivity index (χ2n) is 4.07. The van der Waals surface area contributed by atoms with Crippen LogP contribution in [0.15, 0.2) is 46.9 Å². The lowest BCUT2D eigenvalue weighted by molar-refractivity contribution is 0.368. The smallest absolute Gasteiger partial charge is 0.174 e. The highest BCUT2D eigenvalue weighted by atomic mass is 79.9. The van der Waals surface area contributed by atoms with Crippen LogP contribution in [-0.4, -0.2) is 6.61 Å². The third-order valence-electron chi connectivity index (χ3n) is 2.64. The molecular formula is C15H12BrClN2O. The summed E-state index contributed by atoms with van der Waals surface area (Å²) in [6.07, 6.45) is 0. The second kappa shape index (κ2) is 7.18. The topological polar surface area (TPSA) is 45.0 Å². The highest BCUT2D eigenvalue weighted by Crippen LogP contribution is 2.26. The van der Waals surface area contributed by atoms with E-state index >= 15 is 0 Å². The zero-order valence-corrected chi connectivity index (χ0v) is 12.9. The maximum absolute atomic E-state index is 8.44. The van der Waals surface area contributed by atoms with Crippen LogP contribution in [0.4, 0.5) is 5.69 Å². The molecule has 20 heavy (non-hydrogen) atoms. The fraction of sp³-hybridized carbons (Fsp3) is 0.133. The van der Waals surface area contributed by atoms with Crippen LogP contribution in [0.2, 0.25) is 5.02 Å². The van der Waals surface area contributed by atoms with Gasteiger partial charge in [-0.3, -0.25) is 0 Å². The van der Waals surface area contributed by atoms with Gasteiger partial charge in [0.1, 0.15) is 11.8 Å². The van der Waals surface area contributed by atoms with Gasteiger partial charge in [-0.05, 0) is 51.8 Å². The number of anilines is 1. The number of nitrogens with one attached hydrogen (secondary N) is 1. The van der Waals surface area contributed by atoms with Crippen LogP contribution in [0.1, 0.15) is 5.56 Å². The number of rotatable bonds is 5. The van der Waals surface area contributed by atoms with E-state index in [1.807, 2.05) is 48.5 Å². The van der Waals surface area contributed by atoms with Crippen molar-refractivity contribution in [3.8, 4) is 11.8 Å². The molecule has 0 saturated carbocycles. The minimum Gasteiger partial charge on any atom is -0.479 e. The van der Waals surface area contributed by atoms with Gasteiger partial charge >= 0.3 is 0 Å². The zero-order chi connectivity index (χ0) is 14.4. The molecule has 5 heteroatoms. The standard InChI is InChI=1S/C15H12BrClN2O/c16-14-9-12(17)3-6-15(14)19-10-11-1-4-13(5-2-11)20-8-7-18/h1-6,9,19H,8,10H2. The van der Waals surface area contributed by atoms with Crippen LogP contribution in [0, 0.1) is 11.3 Å². The van der Waals surface area contributed by atoms with Crippen LogP contribution < -0.4 is 10.1 Å². The third-order valence-corrected chi connectivity index (χ3v) is 3.53. The first-order valence-electron chi connectivity index (χ1n) is 5.96. The van der Waals surface area contributed by atoms with Crippen molar-refractivity contribution in [1.29, 1.82) is 5.26 Å². The van der Waals surface area contributed by atoms with Gasteiger partial charge in [0.05, 0.1) is 0 Å². The van der Waals surface area contributed by atoms with Gasteiger partial charge in [-0.25, -0.2) is 0 Å². The molecule has 0 unspecified atom stereocenters. The number of nitrogens with zero attached hydrogens (tertiary/aromatic N) is 1. The first-order chi connectivity index (χ1) is 9.69. The Morgan fingerprint density at radius 2 is 1.95 bits per heavy atom. The highest BCUT2D eigenvalue weighted by molar-refractivity contribution is 9.10. The minimum absolute atomic E-state index is 0.0648. The van der Waals surface area contributed by atoms with Crippen LogP contribution >= 0.6 is 27.5 Å². The fourth-order valence-electron chi connectivity index (χ4n) is 1.65. The first kappa shape index (κ1) is 14.7. The summed E-state index contributed by atoms with van der Waals surface area (Å²) < 4.78 is 6.13. The summed E-state index contributed by atoms with van der Waals surface area (Å²) in [6, 6.07) is 15.2. The fourth-order valence-corrected chi connectivity index (χ4v) is 2.47. The van der Waals surface area contributed by atoms with E-state index in [9.17, 15) is 0 Å². The SMILES string of the molecule is N#CCOc1ccc(CNc2ccc(Cl)cc2Br)cc1. The molecule has 2 aromatic carbocycles. The van der Waals surface area contributed by atoms with E-state index in [2.05, 4.69) is 21.2 Å². The van der Waals surface area contributed by atoms with Gasteiger partial charge in [0.25, 0.3) is 0 Å². The molecule has 0 bridgehead atoms. The van der Waals surface area contributed by atoms with Crippen LogP contribution in [0.25, 0.3) is 0 Å². The molecule has 0 heterocycles. The Hall–Kier alpha value is -1.70. The van der Waals surface area contributed by atoms with Crippen LogP contribution in [0.5, 0.6) is 5.75 Å². The van der Waals surface area contributed by atoms with Gasteiger partial charge in [-0.15, -0.1) is 0 Å². The maximum atomic E-state index is 8.44. The molecule has 0 aliphatic rings. The molecule has 0 aromatic heterocycles. The van der Waals surface area contributed by atoms with E-state index in [1.165, 1.54) is 0 Å². The third kappa shape index (κ3) is 4.16. The molecule has 0 aliphatic heterocycles. The maximum Gasteiger partial charge on any atom is 0.174 e. The summed E-state index contributed by atoms with van der Waals surface area (Å²) in [4.78, 5) is 0. The first-order valence-corrected chi connectivity index (χ1v) is 7.14. The van der Waals surface area contributed by atoms with Gasteiger partial charge < -0.3 is 10.1 Å². The molecule has 1 N–H and O–H groups in total. The van der Waals surface area contributed by atoms with Crippen molar-refractivity contribution in [3.05, 3.63) is 57.5 Å². The molecule has 0 atom stereocenters. The van der Waals surface area contributed by atoms with Gasteiger partial charge in [0.15, 0.2) is 6.61 Å². The van der Waals surface area contributed by atoms with Crippen molar-refractivity contribution in [2.24, 2.45) is 0 Å². The minimum atomic E-state index is 0.0648. The normalized spacial score (nSPS) is 9.85. The Balaban J connectivity index is 1.95. The Labute approximate surface area is 131 Å². The Morgan fingerprint density at radius 3 is 2.60 bits per heavy atom. The lowest BCUT2D eigenvalue weighted by Gasteiger charge is -2.09. The second-order valence-corrected chi connectivity index (χ2v) is 5.36. The van der Waals surface area contributed by atoms with Crippen molar-refractivity contribution >= 4 is 33.2 Å². The summed E-state index contributed by atoms with van der Waals surface area (Å²) in [5, 5.41) is 12.5. The number of hydrogen-bond acceptors (Lipinski definition) is 3. The molecule has 0 aliphatic carbocycles. The zero-order valence-electron chi connectivity index (χ0n) is 10.6. The lowest BCUT2D eigenvalue weighted by atomic mass is 10.2. The van der Waals surface area contributed by atoms with Crippen molar-refractivity contribution in [1.82, 2.24) is 0 Å². The average Bonchev–Trinajstić information content (AvgIpc) is 2.45. The Morgan fingerprint density at radius 1 is 1.20 bits per heavy atom. The summed E-state index contributed by atoms with van der Waals surface area (Å²) in [7, 11) is 0. The monoisotopic (exact) mass is 350 g/mol. The Bertz CT molecular complexity index is 623. The van der Waals surface area contributed by atoms with Gasteiger partial charge in [0.2, 0.25) is 0 Å². The summed E-state index contributed by atoms with van der Waals surface area (Å²) in [5.41, 5.74) is 2.11. The molecule has 0 fully saturated rings. The quantitative estimate of drug-likeness (QED) is 0.855. The van der Waals surface area contributed by atoms with Crippen LogP contribution in [0.3, 0.4) is 0 Å². The number of halogens is 2. The molecule has 102 valence electrons. The van der Waals surface area contributed by atoms with E-state index in [-0.39, 0.29) is 6.61 Å². The molecule has 2 rings (SSSR count). The predicted octanol–water partition coefficient (Wildman–Crippen LogP) is 4.62. The van der Waals surface area contributed by atoms with Gasteiger partial charge in [0, 0.05) is 21.7 Å². The number of benzene rings is 2. The van der Waals surface area contributed by atoms with E-state index in [1.54, 1.807) is 0 Å². The molecule has 0 spiro atoms. The highest BCUT2D eigenvalue weighted by Gasteiger charge is 2.01. The van der Waals surface area contributed by atoms with E-state index in [4.69, 9.17) is 21.6 Å². The van der Waals surface area contributed by atoms with Crippen molar-refractivity contribution in [3.63, 3.8) is 0 Å². The Kier molecular flexibility index (Phi) is 5.28. The number of hydrogen-bond donors (Lipinski definition) is 1. The van der Waals surface area contributed by atoms with Crippen LogP contribution in [-0.2, 0) is 6.54 Å². The summed E-state index contributed by atoms with van der Waals surface area (Å²) >= 11 is 9.36. The molecule has 0 amide bonds. The van der Waals surface area contributed by atoms with Gasteiger partial charge in [-0.2, -0.15) is 5.26 Å². The molecule has 0 saturated heterocycles. The van der Waals surface area contributed by atoms with E-state index in [0.717, 1.165) is 15.7 Å². The van der Waals surface area contributed by atoms with Crippen molar-refractivity contribution < 1.29 is 4.74 Å². The molecular weight excluding hydrogens is 340 g/mol. The summed E-state index contributed by atoms with van der Waals surface area (Å²) in [5.74, 6) is 0.697. The molecule has 3 nitrogen and oxygen atoms in total. The molecule has 0 radical (unpaired) electrons. The predicted molar refractivity (Wildman–Crippen MR) is 84.0 cm³/mol. The summed E-state index contributed by atoms with van der Waals surface area (Å²) in [6.45, 7) is 0.758. The average molecular weight is 352 g/mol. The van der Waals surface area contributed by atoms with Crippen molar-refractivity contribution in [2.75, 3.05) is 11.9 Å². The largest absolute Gasteiger partial charge is 0.479 e. The lowest BCUT2D eigenvalue weighted by Crippen LogP contribution is -2.00. The van der Waals surface area contributed by atoms with E-state index in [0.29, 0.717) is 17.3 Å². The van der Waals surface area contributed by atoms with Crippen molar-refractivity contribution in [2.45, 2.75) is 6.54 Å². The number of ether oxygens (including phenoxy) is 1. The van der Waals surface area contributed by atoms with E-state index < -0.39 is 0 Å². The molecule has 2 aromatic rings. The number of nitriles is 1.